The Bertz CT molecular complexity index is 8.49. The molecule has 0 fully saturated rings. The molecule has 0 aromatic carbocycles. The van der Waals surface area contributed by atoms with E-state index < -0.39 is 0 Å². The van der Waals surface area contributed by atoms with Crippen molar-refractivity contribution in [2.24, 2.45) is 0 Å². The molecule has 0 atom stereocenters. The largest absolute Gasteiger partial charge is 4.00 e. The van der Waals surface area contributed by atoms with Gasteiger partial charge in [-0.15, -0.1) is 0 Å². The van der Waals surface area contributed by atoms with Gasteiger partial charge in [-0.1, -0.05) is 0 Å². The average Bonchev–Trinajstić information content (AvgIpc) is 0. The zero-order valence-electron chi connectivity index (χ0n) is 3.47. The second-order valence-electron chi connectivity index (χ2n) is 0. The maximum Gasteiger partial charge on any atom is 4.00 e. The van der Waals surface area contributed by atoms with Crippen LogP contribution in [0.5, 0.6) is 0 Å². The van der Waals surface area contributed by atoms with Crippen LogP contribution in [-0.4, -0.2) is 17.6 Å². The van der Waals surface area contributed by atoms with Crippen molar-refractivity contribution in [3.8, 4) is 0 Å². The van der Waals surface area contributed by atoms with Gasteiger partial charge in [-0.25, -0.2) is 0 Å². The summed E-state index contributed by atoms with van der Waals surface area (Å²) in [6.07, 6.45) is 0. The van der Waals surface area contributed by atoms with E-state index in [9.17, 15) is 0 Å². The number of halogens is 6. The molecule has 0 nitrogen and oxygen atoms in total. The first-order valence-corrected chi connectivity index (χ1v) is 0. The van der Waals surface area contributed by atoms with Gasteiger partial charge in [-0.05, 0) is 0 Å². The van der Waals surface area contributed by atoms with Crippen LogP contribution in [0.2, 0.25) is 0 Å². The molecule has 0 aromatic heterocycles. The molecule has 0 aromatic rings. The molecule has 0 heterocycles. The molecule has 52 valence electrons. The molecule has 0 rings (SSSR count). The summed E-state index contributed by atoms with van der Waals surface area (Å²) in [5.74, 6) is 0. The van der Waals surface area contributed by atoms with Crippen LogP contribution < -0.4 is 28.2 Å². The van der Waals surface area contributed by atoms with E-state index >= 15 is 0 Å². The van der Waals surface area contributed by atoms with E-state index in [2.05, 4.69) is 0 Å². The smallest absolute Gasteiger partial charge is 4.00 e. The summed E-state index contributed by atoms with van der Waals surface area (Å²) in [5, 5.41) is 0. The Labute approximate surface area is 85.0 Å². The van der Waals surface area contributed by atoms with Crippen molar-refractivity contribution in [2.75, 3.05) is 0 Å². The zero-order valence-corrected chi connectivity index (χ0v) is 10.6. The van der Waals surface area contributed by atoms with Crippen molar-refractivity contribution in [3.63, 3.8) is 0 Å². The molecular formula is H2F6GeTh. The van der Waals surface area contributed by atoms with E-state index in [1.807, 2.05) is 0 Å². The Balaban J connectivity index is 0. The number of hydrogen-bond acceptors (Lipinski definition) is 0. The minimum absolute atomic E-state index is 0. The van der Waals surface area contributed by atoms with Crippen LogP contribution in [0, 0.1) is 39.9 Å². The Morgan fingerprint density at radius 2 is 0.375 bits per heavy atom. The summed E-state index contributed by atoms with van der Waals surface area (Å²) >= 11 is 0. The normalized spacial score (nSPS) is 0. The van der Waals surface area contributed by atoms with Crippen molar-refractivity contribution in [3.05, 3.63) is 0 Å². The van der Waals surface area contributed by atoms with E-state index in [0.29, 0.717) is 0 Å². The monoisotopic (exact) mass is 422 g/mol. The Kier molecular flexibility index (Phi) is 8990. The van der Waals surface area contributed by atoms with Gasteiger partial charge < -0.3 is 28.2 Å². The van der Waals surface area contributed by atoms with Crippen molar-refractivity contribution in [1.82, 2.24) is 0 Å². The summed E-state index contributed by atoms with van der Waals surface area (Å²) in [6.45, 7) is 0. The molecule has 0 bridgehead atoms. The molecule has 0 saturated carbocycles. The van der Waals surface area contributed by atoms with Crippen molar-refractivity contribution >= 4 is 17.6 Å². The Morgan fingerprint density at radius 3 is 0.375 bits per heavy atom. The molecule has 8 heteroatoms. The summed E-state index contributed by atoms with van der Waals surface area (Å²) in [7, 11) is 0. The van der Waals surface area contributed by atoms with Crippen molar-refractivity contribution in [2.45, 2.75) is 0 Å². The van der Waals surface area contributed by atoms with Gasteiger partial charge in [0.15, 0.2) is 0 Å². The molecule has 0 aliphatic heterocycles. The minimum Gasteiger partial charge on any atom is 4.00 e. The van der Waals surface area contributed by atoms with Crippen LogP contribution >= 0.6 is 0 Å². The fourth-order valence-corrected chi connectivity index (χ4v) is 0. The molecule has 0 N–H and O–H groups in total. The quantitative estimate of drug-likeness (QED) is 0.270. The molecule has 0 unspecified atom stereocenters. The van der Waals surface area contributed by atoms with Gasteiger partial charge in [-0.2, -0.15) is 0 Å². The van der Waals surface area contributed by atoms with Crippen molar-refractivity contribution in [1.29, 1.82) is 0 Å². The Morgan fingerprint density at radius 1 is 0.375 bits per heavy atom. The first kappa shape index (κ1) is 322. The number of rotatable bonds is 0. The molecule has 0 aliphatic rings. The molecular weight excluding hydrogens is 419 g/mol. The molecule has 0 saturated heterocycles. The van der Waals surface area contributed by atoms with E-state index in [-0.39, 0.29) is 85.8 Å². The van der Waals surface area contributed by atoms with Gasteiger partial charge >= 0.3 is 57.5 Å². The summed E-state index contributed by atoms with van der Waals surface area (Å²) in [4.78, 5) is 0. The molecule has 8 heavy (non-hydrogen) atoms. The molecule has 0 amide bonds. The first-order chi connectivity index (χ1) is 0. The third-order valence-corrected chi connectivity index (χ3v) is 0. The van der Waals surface area contributed by atoms with Crippen LogP contribution in [0.25, 0.3) is 0 Å². The summed E-state index contributed by atoms with van der Waals surface area (Å²) in [6, 6.07) is 0. The van der Waals surface area contributed by atoms with Crippen LogP contribution in [0.15, 0.2) is 0 Å². The van der Waals surface area contributed by atoms with Gasteiger partial charge in [0, 0.05) is 0 Å². The average molecular weight is 421 g/mol. The topological polar surface area (TPSA) is 0 Å². The predicted octanol–water partition coefficient (Wildman–Crippen LogP) is -18.9. The standard InChI is InChI=1S/6FH.GeH2.Th/h6*1H;1H2;/q;;;;;;+2;+4/p-6. The predicted molar refractivity (Wildman–Crippen MR) is 8.54 cm³/mol. The zero-order chi connectivity index (χ0) is 0. The Hall–Kier alpha value is 1.45. The minimum atomic E-state index is 0. The van der Waals surface area contributed by atoms with Crippen LogP contribution in [0.1, 0.15) is 0 Å². The maximum absolute atomic E-state index is 0. The van der Waals surface area contributed by atoms with Crippen LogP contribution in [0.4, 0.5) is 0 Å². The van der Waals surface area contributed by atoms with Crippen LogP contribution in [-0.2, 0) is 0 Å². The SMILES string of the molecule is [F-].[F-].[F-].[F-].[F-].[F-].[GeH2+2].[Th+4]. The molecule has 0 aliphatic carbocycles. The third kappa shape index (κ3) is 148. The van der Waals surface area contributed by atoms with E-state index in [1.54, 1.807) is 0 Å². The van der Waals surface area contributed by atoms with E-state index in [4.69, 9.17) is 0 Å². The van der Waals surface area contributed by atoms with Gasteiger partial charge in [0.1, 0.15) is 0 Å². The first-order valence-electron chi connectivity index (χ1n) is 0. The molecule has 0 radical (unpaired) electrons. The number of hydrogen-bond donors (Lipinski definition) is 0. The van der Waals surface area contributed by atoms with Crippen LogP contribution in [0.3, 0.4) is 0 Å². The van der Waals surface area contributed by atoms with Gasteiger partial charge in [0.2, 0.25) is 0 Å². The van der Waals surface area contributed by atoms with Gasteiger partial charge in [-0.3, -0.25) is 0 Å². The summed E-state index contributed by atoms with van der Waals surface area (Å²) in [5.41, 5.74) is 0. The third-order valence-electron chi connectivity index (χ3n) is 0. The fraction of sp³-hybridized carbons (Fsp3) is 0. The molecule has 0 spiro atoms. The maximum atomic E-state index is 0. The second-order valence-corrected chi connectivity index (χ2v) is 0. The van der Waals surface area contributed by atoms with Crippen molar-refractivity contribution < 1.29 is 68.2 Å². The van der Waals surface area contributed by atoms with Gasteiger partial charge in [0.05, 0.1) is 0 Å². The summed E-state index contributed by atoms with van der Waals surface area (Å²) < 4.78 is 0. The second kappa shape index (κ2) is 224. The van der Waals surface area contributed by atoms with E-state index in [0.717, 1.165) is 0 Å². The van der Waals surface area contributed by atoms with Gasteiger partial charge in [0.25, 0.3) is 0 Å². The van der Waals surface area contributed by atoms with E-state index in [1.165, 1.54) is 0 Å². The fourth-order valence-electron chi connectivity index (χ4n) is 0.